The number of benzene rings is 4. The van der Waals surface area contributed by atoms with Gasteiger partial charge in [0.2, 0.25) is 0 Å². The molecule has 4 aromatic carbocycles. The predicted octanol–water partition coefficient (Wildman–Crippen LogP) is 7.38. The second-order valence-corrected chi connectivity index (χ2v) is 7.66. The van der Waals surface area contributed by atoms with Crippen molar-refractivity contribution < 1.29 is 9.53 Å². The van der Waals surface area contributed by atoms with Crippen LogP contribution >= 0.6 is 0 Å². The first-order valence-corrected chi connectivity index (χ1v) is 10.4. The summed E-state index contributed by atoms with van der Waals surface area (Å²) in [6.07, 6.45) is 0. The Labute approximate surface area is 183 Å². The van der Waals surface area contributed by atoms with E-state index in [1.807, 2.05) is 74.5 Å². The van der Waals surface area contributed by atoms with Gasteiger partial charge in [0.25, 0.3) is 0 Å². The topological polar surface area (TPSA) is 29.5 Å². The van der Waals surface area contributed by atoms with Crippen LogP contribution in [0, 0.1) is 5.92 Å². The molecule has 0 heterocycles. The first-order valence-electron chi connectivity index (χ1n) is 10.4. The van der Waals surface area contributed by atoms with Crippen molar-refractivity contribution in [3.8, 4) is 16.9 Å². The van der Waals surface area contributed by atoms with Gasteiger partial charge in [-0.15, -0.1) is 0 Å². The molecule has 0 saturated heterocycles. The summed E-state index contributed by atoms with van der Waals surface area (Å²) in [5.74, 6) is 0.175. The number of rotatable bonds is 6. The lowest BCUT2D eigenvalue weighted by Crippen LogP contribution is -2.14. The number of hydrogen-bond acceptors (Lipinski definition) is 3. The van der Waals surface area contributed by atoms with Crippen molar-refractivity contribution in [3.63, 3.8) is 0 Å². The number of esters is 1. The van der Waals surface area contributed by atoms with E-state index in [1.165, 1.54) is 0 Å². The van der Waals surface area contributed by atoms with Gasteiger partial charge >= 0.3 is 5.97 Å². The van der Waals surface area contributed by atoms with E-state index in [9.17, 15) is 4.79 Å². The Morgan fingerprint density at radius 2 is 1.19 bits per heavy atom. The summed E-state index contributed by atoms with van der Waals surface area (Å²) in [5, 5.41) is 0. The van der Waals surface area contributed by atoms with Crippen LogP contribution in [-0.2, 0) is 4.79 Å². The third-order valence-electron chi connectivity index (χ3n) is 5.01. The van der Waals surface area contributed by atoms with Gasteiger partial charge in [-0.1, -0.05) is 74.5 Å². The number of hydrogen-bond donors (Lipinski definition) is 0. The Morgan fingerprint density at radius 3 is 1.74 bits per heavy atom. The molecule has 0 aliphatic carbocycles. The van der Waals surface area contributed by atoms with Gasteiger partial charge < -0.3 is 9.64 Å². The van der Waals surface area contributed by atoms with Crippen molar-refractivity contribution in [2.45, 2.75) is 13.8 Å². The monoisotopic (exact) mass is 407 g/mol. The lowest BCUT2D eigenvalue weighted by molar-refractivity contribution is -0.137. The molecule has 0 aliphatic rings. The molecule has 154 valence electrons. The van der Waals surface area contributed by atoms with E-state index in [0.29, 0.717) is 5.75 Å². The Morgan fingerprint density at radius 1 is 0.645 bits per heavy atom. The fourth-order valence-electron chi connectivity index (χ4n) is 3.38. The molecule has 3 heteroatoms. The van der Waals surface area contributed by atoms with Gasteiger partial charge in [-0.3, -0.25) is 4.79 Å². The van der Waals surface area contributed by atoms with Crippen molar-refractivity contribution >= 4 is 23.0 Å². The number of anilines is 3. The lowest BCUT2D eigenvalue weighted by atomic mass is 10.0. The Hall–Kier alpha value is -3.85. The summed E-state index contributed by atoms with van der Waals surface area (Å²) in [6.45, 7) is 3.66. The van der Waals surface area contributed by atoms with Crippen LogP contribution in [0.25, 0.3) is 11.1 Å². The molecule has 0 aromatic heterocycles. The second-order valence-electron chi connectivity index (χ2n) is 7.66. The molecule has 0 amide bonds. The van der Waals surface area contributed by atoms with Crippen molar-refractivity contribution in [1.82, 2.24) is 0 Å². The molecule has 0 radical (unpaired) electrons. The summed E-state index contributed by atoms with van der Waals surface area (Å²) in [6, 6.07) is 36.7. The molecular formula is C28H25NO2. The van der Waals surface area contributed by atoms with Crippen LogP contribution in [0.4, 0.5) is 17.1 Å². The molecule has 3 nitrogen and oxygen atoms in total. The minimum Gasteiger partial charge on any atom is -0.426 e. The van der Waals surface area contributed by atoms with Gasteiger partial charge in [0.1, 0.15) is 5.75 Å². The fraction of sp³-hybridized carbons (Fsp3) is 0.107. The van der Waals surface area contributed by atoms with Gasteiger partial charge in [-0.25, -0.2) is 0 Å². The van der Waals surface area contributed by atoms with Crippen molar-refractivity contribution in [2.24, 2.45) is 5.92 Å². The molecule has 4 rings (SSSR count). The average Bonchev–Trinajstić information content (AvgIpc) is 2.81. The van der Waals surface area contributed by atoms with E-state index in [-0.39, 0.29) is 11.9 Å². The number of para-hydroxylation sites is 2. The Bertz CT molecular complexity index is 1100. The number of carbonyl (C=O) groups excluding carboxylic acids is 1. The largest absolute Gasteiger partial charge is 0.426 e. The highest BCUT2D eigenvalue weighted by Gasteiger charge is 2.13. The van der Waals surface area contributed by atoms with Crippen molar-refractivity contribution in [2.75, 3.05) is 4.90 Å². The molecule has 31 heavy (non-hydrogen) atoms. The zero-order valence-electron chi connectivity index (χ0n) is 17.7. The van der Waals surface area contributed by atoms with Gasteiger partial charge in [-0.2, -0.15) is 0 Å². The maximum Gasteiger partial charge on any atom is 0.313 e. The summed E-state index contributed by atoms with van der Waals surface area (Å²) in [7, 11) is 0. The van der Waals surface area contributed by atoms with E-state index in [0.717, 1.165) is 28.2 Å². The third kappa shape index (κ3) is 4.84. The summed E-state index contributed by atoms with van der Waals surface area (Å²) >= 11 is 0. The molecule has 0 aliphatic heterocycles. The van der Waals surface area contributed by atoms with E-state index < -0.39 is 0 Å². The van der Waals surface area contributed by atoms with Crippen LogP contribution in [0.5, 0.6) is 5.75 Å². The highest BCUT2D eigenvalue weighted by Crippen LogP contribution is 2.35. The molecule has 0 spiro atoms. The highest BCUT2D eigenvalue weighted by molar-refractivity contribution is 5.79. The SMILES string of the molecule is CC(C)C(=O)Oc1cccc(-c2ccc(N(c3ccccc3)c3ccccc3)cc2)c1. The van der Waals surface area contributed by atoms with Gasteiger partial charge in [0.15, 0.2) is 0 Å². The molecule has 0 atom stereocenters. The van der Waals surface area contributed by atoms with Gasteiger partial charge in [0, 0.05) is 17.1 Å². The Balaban J connectivity index is 1.65. The Kier molecular flexibility index (Phi) is 6.13. The number of carbonyl (C=O) groups is 1. The summed E-state index contributed by atoms with van der Waals surface area (Å²) in [4.78, 5) is 14.1. The van der Waals surface area contributed by atoms with Gasteiger partial charge in [-0.05, 0) is 59.7 Å². The van der Waals surface area contributed by atoms with Gasteiger partial charge in [0.05, 0.1) is 5.92 Å². The van der Waals surface area contributed by atoms with Crippen LogP contribution in [0.1, 0.15) is 13.8 Å². The fourth-order valence-corrected chi connectivity index (χ4v) is 3.38. The summed E-state index contributed by atoms with van der Waals surface area (Å²) < 4.78 is 5.47. The van der Waals surface area contributed by atoms with Crippen LogP contribution in [0.15, 0.2) is 109 Å². The van der Waals surface area contributed by atoms with Crippen LogP contribution in [0.2, 0.25) is 0 Å². The van der Waals surface area contributed by atoms with Crippen LogP contribution < -0.4 is 9.64 Å². The van der Waals surface area contributed by atoms with Crippen LogP contribution in [0.3, 0.4) is 0 Å². The second kappa shape index (κ2) is 9.31. The lowest BCUT2D eigenvalue weighted by Gasteiger charge is -2.25. The number of ether oxygens (including phenoxy) is 1. The quantitative estimate of drug-likeness (QED) is 0.247. The smallest absolute Gasteiger partial charge is 0.313 e. The van der Waals surface area contributed by atoms with E-state index in [1.54, 1.807) is 0 Å². The normalized spacial score (nSPS) is 10.7. The predicted molar refractivity (Wildman–Crippen MR) is 127 cm³/mol. The maximum atomic E-state index is 11.9. The van der Waals surface area contributed by atoms with Crippen LogP contribution in [-0.4, -0.2) is 5.97 Å². The van der Waals surface area contributed by atoms with E-state index >= 15 is 0 Å². The molecule has 4 aromatic rings. The minimum absolute atomic E-state index is 0.162. The molecule has 0 N–H and O–H groups in total. The highest BCUT2D eigenvalue weighted by atomic mass is 16.5. The molecular weight excluding hydrogens is 382 g/mol. The molecule has 0 fully saturated rings. The van der Waals surface area contributed by atoms with E-state index in [4.69, 9.17) is 4.74 Å². The number of nitrogens with zero attached hydrogens (tertiary/aromatic N) is 1. The van der Waals surface area contributed by atoms with E-state index in [2.05, 4.69) is 53.4 Å². The summed E-state index contributed by atoms with van der Waals surface area (Å²) in [5.41, 5.74) is 5.34. The molecule has 0 unspecified atom stereocenters. The minimum atomic E-state index is -0.228. The first kappa shape index (κ1) is 20.4. The zero-order chi connectivity index (χ0) is 21.6. The molecule has 0 saturated carbocycles. The average molecular weight is 408 g/mol. The van der Waals surface area contributed by atoms with Crippen molar-refractivity contribution in [3.05, 3.63) is 109 Å². The zero-order valence-corrected chi connectivity index (χ0v) is 17.7. The first-order chi connectivity index (χ1) is 15.1. The molecule has 0 bridgehead atoms. The third-order valence-corrected chi connectivity index (χ3v) is 5.01. The standard InChI is InChI=1S/C28H25NO2/c1-21(2)28(30)31-27-15-9-10-23(20-27)22-16-18-26(19-17-22)29(24-11-5-3-6-12-24)25-13-7-4-8-14-25/h3-21H,1-2H3. The van der Waals surface area contributed by atoms with Crippen molar-refractivity contribution in [1.29, 1.82) is 0 Å². The maximum absolute atomic E-state index is 11.9.